The Hall–Kier alpha value is -2.41. The Bertz CT molecular complexity index is 824. The second kappa shape index (κ2) is 7.00. The van der Waals surface area contributed by atoms with Crippen LogP contribution in [0.1, 0.15) is 25.0 Å². The topological polar surface area (TPSA) is 71.4 Å². The lowest BCUT2D eigenvalue weighted by molar-refractivity contribution is -0.117. The lowest BCUT2D eigenvalue weighted by Crippen LogP contribution is -2.26. The zero-order chi connectivity index (χ0) is 17.1. The predicted octanol–water partition coefficient (Wildman–Crippen LogP) is 2.37. The number of aryl methyl sites for hydroxylation is 1. The highest BCUT2D eigenvalue weighted by Crippen LogP contribution is 2.29. The third kappa shape index (κ3) is 3.41. The summed E-state index contributed by atoms with van der Waals surface area (Å²) >= 11 is 1.14. The number of anilines is 2. The molecule has 1 aromatic carbocycles. The van der Waals surface area contributed by atoms with E-state index in [1.165, 1.54) is 0 Å². The van der Waals surface area contributed by atoms with E-state index in [-0.39, 0.29) is 23.1 Å². The molecular formula is C17H19N3O3S. The Kier molecular flexibility index (Phi) is 4.80. The van der Waals surface area contributed by atoms with Crippen LogP contribution in [0, 0.1) is 6.92 Å². The van der Waals surface area contributed by atoms with Gasteiger partial charge >= 0.3 is 4.87 Å². The van der Waals surface area contributed by atoms with Gasteiger partial charge in [-0.1, -0.05) is 23.5 Å². The van der Waals surface area contributed by atoms with Gasteiger partial charge in [-0.25, -0.2) is 0 Å². The van der Waals surface area contributed by atoms with E-state index in [4.69, 9.17) is 0 Å². The van der Waals surface area contributed by atoms with Gasteiger partial charge in [-0.3, -0.25) is 14.4 Å². The molecular weight excluding hydrogens is 326 g/mol. The van der Waals surface area contributed by atoms with E-state index >= 15 is 0 Å². The molecule has 24 heavy (non-hydrogen) atoms. The van der Waals surface area contributed by atoms with Crippen molar-refractivity contribution in [2.45, 2.75) is 32.7 Å². The third-order valence-electron chi connectivity index (χ3n) is 4.08. The third-order valence-corrected chi connectivity index (χ3v) is 4.96. The highest BCUT2D eigenvalue weighted by molar-refractivity contribution is 7.07. The van der Waals surface area contributed by atoms with Gasteiger partial charge in [-0.2, -0.15) is 0 Å². The van der Waals surface area contributed by atoms with E-state index in [1.54, 1.807) is 20.9 Å². The average molecular weight is 345 g/mol. The number of para-hydroxylation sites is 2. The zero-order valence-electron chi connectivity index (χ0n) is 13.4. The van der Waals surface area contributed by atoms with Crippen LogP contribution in [0.3, 0.4) is 0 Å². The van der Waals surface area contributed by atoms with E-state index in [1.807, 2.05) is 25.1 Å². The number of hydrogen-bond acceptors (Lipinski definition) is 4. The number of aromatic nitrogens is 1. The lowest BCUT2D eigenvalue weighted by Gasteiger charge is -2.20. The van der Waals surface area contributed by atoms with Gasteiger partial charge in [0.05, 0.1) is 11.4 Å². The van der Waals surface area contributed by atoms with Gasteiger partial charge < -0.3 is 14.8 Å². The standard InChI is InChI=1S/C17H19N3O3S/c1-12-11-24-17(23)19(12)10-8-15(21)18-13-5-2-3-6-14(13)20-9-4-7-16(20)22/h2-3,5-6,11H,4,7-10H2,1H3,(H,18,21). The van der Waals surface area contributed by atoms with Gasteiger partial charge in [0.15, 0.2) is 0 Å². The minimum Gasteiger partial charge on any atom is -0.324 e. The maximum absolute atomic E-state index is 12.3. The van der Waals surface area contributed by atoms with E-state index < -0.39 is 0 Å². The van der Waals surface area contributed by atoms with Gasteiger partial charge in [0.25, 0.3) is 0 Å². The first-order valence-corrected chi connectivity index (χ1v) is 8.78. The second-order valence-electron chi connectivity index (χ2n) is 5.76. The molecule has 1 aliphatic rings. The average Bonchev–Trinajstić information content (AvgIpc) is 3.12. The van der Waals surface area contributed by atoms with Gasteiger partial charge in [0.1, 0.15) is 0 Å². The van der Waals surface area contributed by atoms with E-state index in [9.17, 15) is 14.4 Å². The van der Waals surface area contributed by atoms with Gasteiger partial charge in [0, 0.05) is 37.0 Å². The molecule has 3 rings (SSSR count). The number of hydrogen-bond donors (Lipinski definition) is 1. The molecule has 0 aliphatic carbocycles. The first kappa shape index (κ1) is 16.4. The lowest BCUT2D eigenvalue weighted by atomic mass is 10.2. The molecule has 2 amide bonds. The van der Waals surface area contributed by atoms with Crippen LogP contribution < -0.4 is 15.1 Å². The molecule has 126 valence electrons. The molecule has 7 heteroatoms. The van der Waals surface area contributed by atoms with Gasteiger partial charge in [-0.15, -0.1) is 0 Å². The molecule has 1 N–H and O–H groups in total. The van der Waals surface area contributed by atoms with Crippen LogP contribution in [0.2, 0.25) is 0 Å². The van der Waals surface area contributed by atoms with Crippen molar-refractivity contribution in [2.75, 3.05) is 16.8 Å². The van der Waals surface area contributed by atoms with Crippen LogP contribution in [0.15, 0.2) is 34.4 Å². The first-order chi connectivity index (χ1) is 11.6. The summed E-state index contributed by atoms with van der Waals surface area (Å²) in [6, 6.07) is 7.31. The minimum atomic E-state index is -0.174. The molecule has 6 nitrogen and oxygen atoms in total. The normalized spacial score (nSPS) is 14.2. The fourth-order valence-electron chi connectivity index (χ4n) is 2.82. The van der Waals surface area contributed by atoms with Crippen molar-refractivity contribution in [3.05, 3.63) is 45.0 Å². The van der Waals surface area contributed by atoms with Gasteiger partial charge in [0.2, 0.25) is 11.8 Å². The highest BCUT2D eigenvalue weighted by Gasteiger charge is 2.24. The van der Waals surface area contributed by atoms with Crippen molar-refractivity contribution >= 4 is 34.5 Å². The quantitative estimate of drug-likeness (QED) is 0.904. The molecule has 1 fully saturated rings. The van der Waals surface area contributed by atoms with Crippen molar-refractivity contribution in [2.24, 2.45) is 0 Å². The predicted molar refractivity (Wildman–Crippen MR) is 94.6 cm³/mol. The number of nitrogens with one attached hydrogen (secondary N) is 1. The number of amides is 2. The Morgan fingerprint density at radius 2 is 2.08 bits per heavy atom. The van der Waals surface area contributed by atoms with E-state index in [2.05, 4.69) is 5.32 Å². The SMILES string of the molecule is Cc1csc(=O)n1CCC(=O)Nc1ccccc1N1CCCC1=O. The summed E-state index contributed by atoms with van der Waals surface area (Å²) < 4.78 is 1.60. The number of thiazole rings is 1. The van der Waals surface area contributed by atoms with Crippen LogP contribution in [0.4, 0.5) is 11.4 Å². The molecule has 0 saturated carbocycles. The summed E-state index contributed by atoms with van der Waals surface area (Å²) in [6.07, 6.45) is 1.59. The van der Waals surface area contributed by atoms with Crippen LogP contribution in [-0.4, -0.2) is 22.9 Å². The molecule has 2 heterocycles. The molecule has 0 radical (unpaired) electrons. The van der Waals surface area contributed by atoms with Crippen molar-refractivity contribution < 1.29 is 9.59 Å². The maximum Gasteiger partial charge on any atom is 0.307 e. The summed E-state index contributed by atoms with van der Waals surface area (Å²) in [6.45, 7) is 2.88. The molecule has 0 atom stereocenters. The monoisotopic (exact) mass is 345 g/mol. The number of carbonyl (C=O) groups is 2. The van der Waals surface area contributed by atoms with Crippen molar-refractivity contribution in [3.8, 4) is 0 Å². The van der Waals surface area contributed by atoms with Gasteiger partial charge in [-0.05, 0) is 25.5 Å². The van der Waals surface area contributed by atoms with Crippen molar-refractivity contribution in [1.29, 1.82) is 0 Å². The molecule has 0 spiro atoms. The Morgan fingerprint density at radius 1 is 1.29 bits per heavy atom. The Morgan fingerprint density at radius 3 is 2.75 bits per heavy atom. The molecule has 0 bridgehead atoms. The van der Waals surface area contributed by atoms with E-state index in [0.717, 1.165) is 29.1 Å². The molecule has 1 aromatic heterocycles. The summed E-state index contributed by atoms with van der Waals surface area (Å²) in [7, 11) is 0. The largest absolute Gasteiger partial charge is 0.324 e. The molecule has 1 saturated heterocycles. The number of carbonyl (C=O) groups excluding carboxylic acids is 2. The fraction of sp³-hybridized carbons (Fsp3) is 0.353. The number of nitrogens with zero attached hydrogens (tertiary/aromatic N) is 2. The van der Waals surface area contributed by atoms with E-state index in [0.29, 0.717) is 25.2 Å². The number of benzene rings is 1. The zero-order valence-corrected chi connectivity index (χ0v) is 14.3. The molecule has 1 aliphatic heterocycles. The Labute approximate surface area is 143 Å². The van der Waals surface area contributed by atoms with Crippen LogP contribution in [0.25, 0.3) is 0 Å². The summed E-state index contributed by atoms with van der Waals surface area (Å²) in [5.41, 5.74) is 2.23. The second-order valence-corrected chi connectivity index (χ2v) is 6.58. The highest BCUT2D eigenvalue weighted by atomic mass is 32.1. The molecule has 2 aromatic rings. The van der Waals surface area contributed by atoms with Crippen LogP contribution in [0.5, 0.6) is 0 Å². The fourth-order valence-corrected chi connectivity index (χ4v) is 3.58. The number of rotatable bonds is 5. The maximum atomic E-state index is 12.3. The molecule has 0 unspecified atom stereocenters. The van der Waals surface area contributed by atoms with Crippen LogP contribution in [-0.2, 0) is 16.1 Å². The Balaban J connectivity index is 1.69. The smallest absolute Gasteiger partial charge is 0.307 e. The van der Waals surface area contributed by atoms with Crippen LogP contribution >= 0.6 is 11.3 Å². The van der Waals surface area contributed by atoms with Crippen molar-refractivity contribution in [3.63, 3.8) is 0 Å². The summed E-state index contributed by atoms with van der Waals surface area (Å²) in [5.74, 6) is -0.0938. The summed E-state index contributed by atoms with van der Waals surface area (Å²) in [5, 5.41) is 4.65. The summed E-state index contributed by atoms with van der Waals surface area (Å²) in [4.78, 5) is 37.5. The van der Waals surface area contributed by atoms with Crippen molar-refractivity contribution in [1.82, 2.24) is 4.57 Å². The minimum absolute atomic E-state index is 0.0524. The first-order valence-electron chi connectivity index (χ1n) is 7.90.